The molecule has 2 aromatic rings. The zero-order valence-corrected chi connectivity index (χ0v) is 20.4. The van der Waals surface area contributed by atoms with Crippen molar-refractivity contribution >= 4 is 29.9 Å². The summed E-state index contributed by atoms with van der Waals surface area (Å²) in [6.07, 6.45) is 0. The van der Waals surface area contributed by atoms with Crippen molar-refractivity contribution in [3.63, 3.8) is 0 Å². The van der Waals surface area contributed by atoms with Gasteiger partial charge in [0.15, 0.2) is 17.5 Å². The Bertz CT molecular complexity index is 778. The fraction of sp³-hybridized carbons (Fsp3) is 0.500. The molecule has 0 saturated carbocycles. The summed E-state index contributed by atoms with van der Waals surface area (Å²) in [6, 6.07) is 3.82. The van der Waals surface area contributed by atoms with Gasteiger partial charge in [0.2, 0.25) is 5.75 Å². The van der Waals surface area contributed by atoms with Crippen LogP contribution in [0.15, 0.2) is 21.6 Å². The third-order valence-electron chi connectivity index (χ3n) is 4.57. The van der Waals surface area contributed by atoms with E-state index in [2.05, 4.69) is 27.7 Å². The maximum absolute atomic E-state index is 5.40. The molecule has 9 heteroatoms. The lowest BCUT2D eigenvalue weighted by atomic mass is 10.00. The first-order chi connectivity index (χ1) is 13.4. The van der Waals surface area contributed by atoms with Crippen LogP contribution < -0.4 is 24.8 Å². The van der Waals surface area contributed by atoms with E-state index >= 15 is 0 Å². The number of ether oxygens (including phenoxy) is 3. The van der Waals surface area contributed by atoms with Crippen molar-refractivity contribution in [3.05, 3.63) is 34.7 Å². The molecule has 0 amide bonds. The van der Waals surface area contributed by atoms with Gasteiger partial charge >= 0.3 is 0 Å². The topological polar surface area (TPSA) is 90.1 Å². The number of halogens is 1. The normalized spacial score (nSPS) is 12.0. The van der Waals surface area contributed by atoms with Crippen LogP contribution in [0.3, 0.4) is 0 Å². The van der Waals surface area contributed by atoms with Gasteiger partial charge in [0.05, 0.1) is 27.0 Å². The summed E-state index contributed by atoms with van der Waals surface area (Å²) < 4.78 is 21.4. The van der Waals surface area contributed by atoms with E-state index in [4.69, 9.17) is 18.7 Å². The van der Waals surface area contributed by atoms with Crippen LogP contribution in [0.5, 0.6) is 17.2 Å². The van der Waals surface area contributed by atoms with E-state index in [-0.39, 0.29) is 29.9 Å². The summed E-state index contributed by atoms with van der Waals surface area (Å²) in [6.45, 7) is 7.28. The number of hydrogen-bond acceptors (Lipinski definition) is 6. The molecule has 1 heterocycles. The van der Waals surface area contributed by atoms with Crippen LogP contribution in [0.2, 0.25) is 0 Å². The minimum absolute atomic E-state index is 0. The molecule has 1 aromatic carbocycles. The zero-order valence-electron chi connectivity index (χ0n) is 18.1. The predicted octanol–water partition coefficient (Wildman–Crippen LogP) is 3.40. The SMILES string of the molecule is CN=C(NCc1cc(OC)c(OC)c(OC)c1)NCC(C)c1c(C)noc1C.I. The van der Waals surface area contributed by atoms with Crippen LogP contribution >= 0.6 is 24.0 Å². The monoisotopic (exact) mass is 518 g/mol. The molecule has 0 aliphatic heterocycles. The van der Waals surface area contributed by atoms with E-state index in [1.165, 1.54) is 0 Å². The lowest BCUT2D eigenvalue weighted by Crippen LogP contribution is -2.38. The quantitative estimate of drug-likeness (QED) is 0.315. The minimum Gasteiger partial charge on any atom is -0.493 e. The molecule has 1 atom stereocenters. The molecule has 0 bridgehead atoms. The Morgan fingerprint density at radius 2 is 1.72 bits per heavy atom. The van der Waals surface area contributed by atoms with Crippen molar-refractivity contribution in [1.29, 1.82) is 0 Å². The first kappa shape index (κ1) is 24.9. The van der Waals surface area contributed by atoms with E-state index < -0.39 is 0 Å². The van der Waals surface area contributed by atoms with Crippen molar-refractivity contribution in [3.8, 4) is 17.2 Å². The highest BCUT2D eigenvalue weighted by Gasteiger charge is 2.17. The van der Waals surface area contributed by atoms with Crippen molar-refractivity contribution in [1.82, 2.24) is 15.8 Å². The molecule has 0 saturated heterocycles. The second kappa shape index (κ2) is 11.7. The molecule has 1 unspecified atom stereocenters. The number of aliphatic imine (C=N–C) groups is 1. The average Bonchev–Trinajstić information content (AvgIpc) is 3.05. The molecule has 0 aliphatic rings. The number of aryl methyl sites for hydroxylation is 2. The van der Waals surface area contributed by atoms with Crippen molar-refractivity contribution < 1.29 is 18.7 Å². The molecule has 2 N–H and O–H groups in total. The lowest BCUT2D eigenvalue weighted by Gasteiger charge is -2.17. The first-order valence-electron chi connectivity index (χ1n) is 9.11. The highest BCUT2D eigenvalue weighted by atomic mass is 127. The summed E-state index contributed by atoms with van der Waals surface area (Å²) in [5, 5.41) is 10.7. The number of nitrogens with one attached hydrogen (secondary N) is 2. The predicted molar refractivity (Wildman–Crippen MR) is 124 cm³/mol. The number of benzene rings is 1. The molecule has 0 fully saturated rings. The summed E-state index contributed by atoms with van der Waals surface area (Å²) in [7, 11) is 6.53. The minimum atomic E-state index is 0. The molecule has 29 heavy (non-hydrogen) atoms. The van der Waals surface area contributed by atoms with Gasteiger partial charge in [-0.25, -0.2) is 0 Å². The fourth-order valence-electron chi connectivity index (χ4n) is 3.19. The Hall–Kier alpha value is -2.17. The maximum atomic E-state index is 5.40. The van der Waals surface area contributed by atoms with Crippen LogP contribution in [-0.2, 0) is 6.54 Å². The summed E-state index contributed by atoms with van der Waals surface area (Å²) >= 11 is 0. The molecule has 1 aromatic heterocycles. The molecule has 0 aliphatic carbocycles. The van der Waals surface area contributed by atoms with Gasteiger partial charge in [-0.1, -0.05) is 12.1 Å². The van der Waals surface area contributed by atoms with Crippen LogP contribution in [-0.4, -0.2) is 46.0 Å². The fourth-order valence-corrected chi connectivity index (χ4v) is 3.19. The third-order valence-corrected chi connectivity index (χ3v) is 4.57. The Morgan fingerprint density at radius 1 is 1.10 bits per heavy atom. The number of nitrogens with zero attached hydrogens (tertiary/aromatic N) is 2. The Kier molecular flexibility index (Phi) is 10.1. The summed E-state index contributed by atoms with van der Waals surface area (Å²) in [5.41, 5.74) is 3.04. The van der Waals surface area contributed by atoms with Gasteiger partial charge in [-0.05, 0) is 31.5 Å². The summed E-state index contributed by atoms with van der Waals surface area (Å²) in [4.78, 5) is 4.29. The lowest BCUT2D eigenvalue weighted by molar-refractivity contribution is 0.323. The van der Waals surface area contributed by atoms with Gasteiger partial charge in [0.25, 0.3) is 0 Å². The maximum Gasteiger partial charge on any atom is 0.203 e. The van der Waals surface area contributed by atoms with Crippen molar-refractivity contribution in [2.24, 2.45) is 4.99 Å². The van der Waals surface area contributed by atoms with Crippen molar-refractivity contribution in [2.45, 2.75) is 33.2 Å². The van der Waals surface area contributed by atoms with Crippen LogP contribution in [0.4, 0.5) is 0 Å². The van der Waals surface area contributed by atoms with E-state index in [0.717, 1.165) is 22.6 Å². The van der Waals surface area contributed by atoms with E-state index in [1.54, 1.807) is 28.4 Å². The number of rotatable bonds is 8. The van der Waals surface area contributed by atoms with Gasteiger partial charge in [0.1, 0.15) is 5.76 Å². The smallest absolute Gasteiger partial charge is 0.203 e. The van der Waals surface area contributed by atoms with Gasteiger partial charge < -0.3 is 29.4 Å². The molecule has 8 nitrogen and oxygen atoms in total. The van der Waals surface area contributed by atoms with Crippen LogP contribution in [0.25, 0.3) is 0 Å². The van der Waals surface area contributed by atoms with Gasteiger partial charge in [-0.3, -0.25) is 4.99 Å². The number of hydrogen-bond donors (Lipinski definition) is 2. The van der Waals surface area contributed by atoms with E-state index in [1.807, 2.05) is 26.0 Å². The molecule has 162 valence electrons. The second-order valence-corrected chi connectivity index (χ2v) is 6.48. The van der Waals surface area contributed by atoms with Crippen molar-refractivity contribution in [2.75, 3.05) is 34.9 Å². The highest BCUT2D eigenvalue weighted by molar-refractivity contribution is 14.0. The third kappa shape index (κ3) is 6.15. The van der Waals surface area contributed by atoms with Gasteiger partial charge in [0, 0.05) is 31.6 Å². The first-order valence-corrected chi connectivity index (χ1v) is 9.11. The number of aromatic nitrogens is 1. The van der Waals surface area contributed by atoms with Gasteiger partial charge in [-0.15, -0.1) is 24.0 Å². The summed E-state index contributed by atoms with van der Waals surface area (Å²) in [5.74, 6) is 3.61. The molecular weight excluding hydrogens is 487 g/mol. The Morgan fingerprint density at radius 3 is 2.17 bits per heavy atom. The van der Waals surface area contributed by atoms with E-state index in [0.29, 0.717) is 36.3 Å². The molecule has 0 spiro atoms. The Balaban J connectivity index is 0.00000420. The highest BCUT2D eigenvalue weighted by Crippen LogP contribution is 2.38. The van der Waals surface area contributed by atoms with Crippen LogP contribution in [0, 0.1) is 13.8 Å². The average molecular weight is 518 g/mol. The number of methoxy groups -OCH3 is 3. The Labute approximate surface area is 189 Å². The second-order valence-electron chi connectivity index (χ2n) is 6.48. The zero-order chi connectivity index (χ0) is 20.7. The van der Waals surface area contributed by atoms with E-state index in [9.17, 15) is 0 Å². The number of guanidine groups is 1. The van der Waals surface area contributed by atoms with Gasteiger partial charge in [-0.2, -0.15) is 0 Å². The molecular formula is C20H31IN4O4. The molecule has 2 rings (SSSR count). The van der Waals surface area contributed by atoms with Crippen LogP contribution in [0.1, 0.15) is 35.4 Å². The molecule has 0 radical (unpaired) electrons. The largest absolute Gasteiger partial charge is 0.493 e. The standard InChI is InChI=1S/C20H30N4O4.HI/c1-12(18-13(2)24-28-14(18)3)10-22-20(21-4)23-11-15-8-16(25-5)19(27-7)17(9-15)26-6;/h8-9,12H,10-11H2,1-7H3,(H2,21,22,23);1H.